The molecule has 1 atom stereocenters. The first kappa shape index (κ1) is 16.2. The fourth-order valence-electron chi connectivity index (χ4n) is 2.60. The van der Waals surface area contributed by atoms with Crippen LogP contribution in [0.15, 0.2) is 6.20 Å². The molecule has 0 bridgehead atoms. The largest absolute Gasteiger partial charge is 0.302 e. The van der Waals surface area contributed by atoms with Gasteiger partial charge in [-0.05, 0) is 33.6 Å². The third-order valence-electron chi connectivity index (χ3n) is 3.57. The van der Waals surface area contributed by atoms with E-state index >= 15 is 0 Å². The summed E-state index contributed by atoms with van der Waals surface area (Å²) in [6, 6.07) is 0.534. The van der Waals surface area contributed by atoms with Crippen LogP contribution in [0.4, 0.5) is 0 Å². The van der Waals surface area contributed by atoms with Gasteiger partial charge in [-0.25, -0.2) is 4.98 Å². The van der Waals surface area contributed by atoms with E-state index in [2.05, 4.69) is 51.2 Å². The summed E-state index contributed by atoms with van der Waals surface area (Å²) in [4.78, 5) is 6.19. The lowest BCUT2D eigenvalue weighted by Crippen LogP contribution is -2.29. The highest BCUT2D eigenvalue weighted by Crippen LogP contribution is 2.30. The average molecular weight is 306 g/mol. The van der Waals surface area contributed by atoms with Crippen molar-refractivity contribution in [3.05, 3.63) is 33.0 Å². The molecule has 0 aliphatic heterocycles. The van der Waals surface area contributed by atoms with Gasteiger partial charge in [0.05, 0.1) is 17.4 Å². The van der Waals surface area contributed by atoms with Crippen LogP contribution in [0.1, 0.15) is 60.6 Å². The first-order valence-electron chi connectivity index (χ1n) is 7.70. The Morgan fingerprint density at radius 3 is 2.43 bits per heavy atom. The second-order valence-corrected chi connectivity index (χ2v) is 6.96. The molecule has 0 fully saturated rings. The zero-order valence-corrected chi connectivity index (χ0v) is 14.7. The van der Waals surface area contributed by atoms with Crippen LogP contribution >= 0.6 is 11.3 Å². The van der Waals surface area contributed by atoms with Gasteiger partial charge in [-0.3, -0.25) is 4.68 Å². The number of aryl methyl sites for hydroxylation is 4. The molecule has 5 heteroatoms. The summed E-state index contributed by atoms with van der Waals surface area (Å²) in [6.07, 6.45) is 4.06. The molecular formula is C16H26N4S. The molecular weight excluding hydrogens is 280 g/mol. The molecule has 2 aromatic heterocycles. The summed E-state index contributed by atoms with van der Waals surface area (Å²) in [7, 11) is 1.99. The summed E-state index contributed by atoms with van der Waals surface area (Å²) in [6.45, 7) is 10.8. The quantitative estimate of drug-likeness (QED) is 0.889. The topological polar surface area (TPSA) is 42.7 Å². The second kappa shape index (κ2) is 6.71. The molecule has 2 heterocycles. The maximum atomic E-state index is 4.86. The van der Waals surface area contributed by atoms with Crippen molar-refractivity contribution in [3.8, 4) is 0 Å². The Bertz CT molecular complexity index is 597. The van der Waals surface area contributed by atoms with E-state index in [4.69, 9.17) is 4.98 Å². The Balaban J connectivity index is 2.46. The molecule has 1 unspecified atom stereocenters. The molecule has 0 amide bonds. The van der Waals surface area contributed by atoms with Crippen molar-refractivity contribution in [1.29, 1.82) is 0 Å². The van der Waals surface area contributed by atoms with Crippen molar-refractivity contribution in [2.24, 2.45) is 7.05 Å². The van der Waals surface area contributed by atoms with E-state index in [1.807, 2.05) is 11.7 Å². The summed E-state index contributed by atoms with van der Waals surface area (Å²) >= 11 is 1.80. The van der Waals surface area contributed by atoms with Crippen molar-refractivity contribution < 1.29 is 0 Å². The molecule has 1 N–H and O–H groups in total. The minimum Gasteiger partial charge on any atom is -0.302 e. The first-order chi connectivity index (χ1) is 9.96. The molecule has 0 aliphatic rings. The number of nitrogens with zero attached hydrogens (tertiary/aromatic N) is 3. The third kappa shape index (κ3) is 3.52. The van der Waals surface area contributed by atoms with Crippen molar-refractivity contribution in [2.45, 2.75) is 59.5 Å². The lowest BCUT2D eigenvalue weighted by Gasteiger charge is -2.19. The number of thiazole rings is 1. The van der Waals surface area contributed by atoms with E-state index in [9.17, 15) is 0 Å². The number of rotatable bonds is 6. The van der Waals surface area contributed by atoms with Gasteiger partial charge in [-0.2, -0.15) is 5.10 Å². The van der Waals surface area contributed by atoms with E-state index in [1.165, 1.54) is 16.1 Å². The summed E-state index contributed by atoms with van der Waals surface area (Å²) in [5.41, 5.74) is 3.62. The number of aromatic nitrogens is 3. The summed E-state index contributed by atoms with van der Waals surface area (Å²) in [5, 5.41) is 9.40. The van der Waals surface area contributed by atoms with Gasteiger partial charge in [-0.15, -0.1) is 11.3 Å². The molecule has 2 rings (SSSR count). The van der Waals surface area contributed by atoms with E-state index in [1.54, 1.807) is 11.3 Å². The van der Waals surface area contributed by atoms with Crippen LogP contribution in [0.3, 0.4) is 0 Å². The van der Waals surface area contributed by atoms with Crippen LogP contribution in [0.25, 0.3) is 0 Å². The lowest BCUT2D eigenvalue weighted by molar-refractivity contribution is 0.523. The minimum atomic E-state index is 0.137. The van der Waals surface area contributed by atoms with Gasteiger partial charge in [0.1, 0.15) is 5.01 Å². The molecule has 2 aromatic rings. The average Bonchev–Trinajstić information content (AvgIpc) is 2.98. The van der Waals surface area contributed by atoms with Crippen LogP contribution in [-0.4, -0.2) is 20.8 Å². The molecule has 116 valence electrons. The minimum absolute atomic E-state index is 0.137. The Hall–Kier alpha value is -1.20. The van der Waals surface area contributed by atoms with E-state index in [0.29, 0.717) is 6.04 Å². The van der Waals surface area contributed by atoms with Gasteiger partial charge in [0.2, 0.25) is 0 Å². The molecule has 4 nitrogen and oxygen atoms in total. The first-order valence-corrected chi connectivity index (χ1v) is 8.52. The van der Waals surface area contributed by atoms with Crippen LogP contribution in [0.2, 0.25) is 0 Å². The maximum absolute atomic E-state index is 4.86. The van der Waals surface area contributed by atoms with Gasteiger partial charge < -0.3 is 5.32 Å². The van der Waals surface area contributed by atoms with Crippen LogP contribution < -0.4 is 5.32 Å². The molecule has 0 spiro atoms. The Kier molecular flexibility index (Phi) is 5.17. The van der Waals surface area contributed by atoms with E-state index in [0.717, 1.165) is 23.5 Å². The molecule has 21 heavy (non-hydrogen) atoms. The van der Waals surface area contributed by atoms with Crippen molar-refractivity contribution in [2.75, 3.05) is 0 Å². The predicted molar refractivity (Wildman–Crippen MR) is 88.9 cm³/mol. The Morgan fingerprint density at radius 1 is 1.24 bits per heavy atom. The fourth-order valence-corrected chi connectivity index (χ4v) is 3.69. The van der Waals surface area contributed by atoms with Gasteiger partial charge >= 0.3 is 0 Å². The highest BCUT2D eigenvalue weighted by molar-refractivity contribution is 7.11. The molecule has 0 aromatic carbocycles. The second-order valence-electron chi connectivity index (χ2n) is 5.72. The van der Waals surface area contributed by atoms with Gasteiger partial charge in [0, 0.05) is 29.7 Å². The number of nitrogens with one attached hydrogen (secondary N) is 1. The number of hydrogen-bond acceptors (Lipinski definition) is 4. The maximum Gasteiger partial charge on any atom is 0.115 e. The van der Waals surface area contributed by atoms with Crippen molar-refractivity contribution in [1.82, 2.24) is 20.1 Å². The summed E-state index contributed by atoms with van der Waals surface area (Å²) < 4.78 is 1.91. The number of hydrogen-bond donors (Lipinski definition) is 1. The van der Waals surface area contributed by atoms with Gasteiger partial charge in [0.25, 0.3) is 0 Å². The molecule has 0 saturated heterocycles. The standard InChI is InChI=1S/C16H26N4S/c1-7-13-11(5)21-16(18-13)15(17-10(3)4)12-9-20(6)19-14(12)8-2/h9-10,15,17H,7-8H2,1-6H3. The molecule has 0 saturated carbocycles. The Labute approximate surface area is 131 Å². The van der Waals surface area contributed by atoms with Gasteiger partial charge in [-0.1, -0.05) is 13.8 Å². The van der Waals surface area contributed by atoms with Crippen molar-refractivity contribution in [3.63, 3.8) is 0 Å². The molecule has 0 aliphatic carbocycles. The SMILES string of the molecule is CCc1nn(C)cc1C(NC(C)C)c1nc(CC)c(C)s1. The van der Waals surface area contributed by atoms with Crippen LogP contribution in [0, 0.1) is 6.92 Å². The van der Waals surface area contributed by atoms with Crippen molar-refractivity contribution >= 4 is 11.3 Å². The molecule has 0 radical (unpaired) electrons. The predicted octanol–water partition coefficient (Wildman–Crippen LogP) is 3.40. The normalized spacial score (nSPS) is 13.1. The van der Waals surface area contributed by atoms with Crippen LogP contribution in [-0.2, 0) is 19.9 Å². The fraction of sp³-hybridized carbons (Fsp3) is 0.625. The zero-order chi connectivity index (χ0) is 15.6. The van der Waals surface area contributed by atoms with Gasteiger partial charge in [0.15, 0.2) is 0 Å². The monoisotopic (exact) mass is 306 g/mol. The lowest BCUT2D eigenvalue weighted by atomic mass is 10.1. The highest BCUT2D eigenvalue weighted by Gasteiger charge is 2.24. The van der Waals surface area contributed by atoms with Crippen LogP contribution in [0.5, 0.6) is 0 Å². The zero-order valence-electron chi connectivity index (χ0n) is 13.9. The Morgan fingerprint density at radius 2 is 1.90 bits per heavy atom. The summed E-state index contributed by atoms with van der Waals surface area (Å²) in [5.74, 6) is 0. The smallest absolute Gasteiger partial charge is 0.115 e. The third-order valence-corrected chi connectivity index (χ3v) is 4.65. The van der Waals surface area contributed by atoms with E-state index < -0.39 is 0 Å². The van der Waals surface area contributed by atoms with E-state index in [-0.39, 0.29) is 6.04 Å². The highest BCUT2D eigenvalue weighted by atomic mass is 32.1.